The average Bonchev–Trinajstić information content (AvgIpc) is 3.32. The lowest BCUT2D eigenvalue weighted by atomic mass is 10.00. The van der Waals surface area contributed by atoms with Crippen LogP contribution in [0, 0.1) is 11.8 Å². The number of nitrogens with zero attached hydrogens (tertiary/aromatic N) is 4. The number of carbonyl (C=O) groups excluding carboxylic acids is 1. The van der Waals surface area contributed by atoms with E-state index in [0.29, 0.717) is 32.6 Å². The van der Waals surface area contributed by atoms with Gasteiger partial charge in [0.05, 0.1) is 35.6 Å². The van der Waals surface area contributed by atoms with Gasteiger partial charge in [-0.25, -0.2) is 18.1 Å². The molecule has 1 amide bonds. The summed E-state index contributed by atoms with van der Waals surface area (Å²) in [7, 11) is 2.13. The predicted octanol–water partition coefficient (Wildman–Crippen LogP) is 5.63. The Morgan fingerprint density at radius 3 is 2.39 bits per heavy atom. The number of rotatable bonds is 7. The Kier molecular flexibility index (Phi) is 9.04. The molecule has 6 rings (SSSR count). The van der Waals surface area contributed by atoms with Crippen LogP contribution in [0.4, 0.5) is 20.2 Å². The van der Waals surface area contributed by atoms with Crippen LogP contribution in [0.1, 0.15) is 30.5 Å². The standard InChI is InChI=1S/C35H36F2N6O2S/c1-23(2)38-31(44)14-9-25-19-29-28(20-30(25)46-43-21-35(36,37)22-43)32(34(45)40-29)33(24-7-5-4-6-8-24)39-26-10-12-27(13-11-26)42-17-15-41(3)16-18-42/h4-8,10-13,19-20,23,40,45H,15-18,21-22H2,1-3H3,(H,38,44). The highest BCUT2D eigenvalue weighted by Gasteiger charge is 2.44. The van der Waals surface area contributed by atoms with Gasteiger partial charge in [-0.2, -0.15) is 0 Å². The fourth-order valence-corrected chi connectivity index (χ4v) is 6.67. The van der Waals surface area contributed by atoms with Crippen LogP contribution in [0.15, 0.2) is 76.6 Å². The second kappa shape index (κ2) is 13.2. The van der Waals surface area contributed by atoms with Crippen molar-refractivity contribution in [2.24, 2.45) is 4.99 Å². The lowest BCUT2D eigenvalue weighted by molar-refractivity contribution is -0.116. The fourth-order valence-electron chi connectivity index (χ4n) is 5.51. The number of hydrogen-bond donors (Lipinski definition) is 3. The number of halogens is 2. The SMILES string of the molecule is CC(C)NC(=O)C#Cc1cc2[nH]c(O)c(C(=Nc3ccc(N4CCN(C)CC4)cc3)c3ccccc3)c2cc1SN1CC(F)(F)C1. The Labute approximate surface area is 271 Å². The van der Waals surface area contributed by atoms with Crippen LogP contribution in [0.5, 0.6) is 5.88 Å². The third-order valence-electron chi connectivity index (χ3n) is 7.90. The summed E-state index contributed by atoms with van der Waals surface area (Å²) in [6.07, 6.45) is 0. The van der Waals surface area contributed by atoms with E-state index in [1.165, 1.54) is 0 Å². The van der Waals surface area contributed by atoms with Crippen molar-refractivity contribution >= 4 is 45.8 Å². The number of aromatic hydroxyl groups is 1. The molecule has 238 valence electrons. The molecule has 3 heterocycles. The van der Waals surface area contributed by atoms with Gasteiger partial charge in [0.1, 0.15) is 0 Å². The predicted molar refractivity (Wildman–Crippen MR) is 180 cm³/mol. The molecule has 3 N–H and O–H groups in total. The lowest BCUT2D eigenvalue weighted by Crippen LogP contribution is -2.52. The number of alkyl halides is 2. The van der Waals surface area contributed by atoms with E-state index >= 15 is 0 Å². The Morgan fingerprint density at radius 1 is 1.04 bits per heavy atom. The number of fused-ring (bicyclic) bond motifs is 1. The normalized spacial score (nSPS) is 17.1. The molecule has 0 spiro atoms. The molecule has 8 nitrogen and oxygen atoms in total. The zero-order valence-electron chi connectivity index (χ0n) is 26.0. The molecule has 0 radical (unpaired) electrons. The highest BCUT2D eigenvalue weighted by Crippen LogP contribution is 2.40. The fraction of sp³-hybridized carbons (Fsp3) is 0.314. The first kappa shape index (κ1) is 31.6. The number of hydrogen-bond acceptors (Lipinski definition) is 7. The summed E-state index contributed by atoms with van der Waals surface area (Å²) < 4.78 is 29.0. The van der Waals surface area contributed by atoms with Crippen LogP contribution < -0.4 is 10.2 Å². The van der Waals surface area contributed by atoms with Crippen LogP contribution >= 0.6 is 11.9 Å². The number of aromatic nitrogens is 1. The van der Waals surface area contributed by atoms with E-state index < -0.39 is 11.8 Å². The third kappa shape index (κ3) is 7.20. The molecule has 2 aliphatic rings. The molecule has 0 aliphatic carbocycles. The van der Waals surface area contributed by atoms with Crippen molar-refractivity contribution in [1.29, 1.82) is 0 Å². The van der Waals surface area contributed by atoms with Crippen LogP contribution in [0.3, 0.4) is 0 Å². The molecule has 3 aromatic carbocycles. The summed E-state index contributed by atoms with van der Waals surface area (Å²) in [4.78, 5) is 25.7. The zero-order chi connectivity index (χ0) is 32.4. The van der Waals surface area contributed by atoms with Crippen LogP contribution in [0.25, 0.3) is 10.9 Å². The number of amides is 1. The van der Waals surface area contributed by atoms with Gasteiger partial charge in [-0.3, -0.25) is 4.79 Å². The van der Waals surface area contributed by atoms with Crippen molar-refractivity contribution in [2.45, 2.75) is 30.7 Å². The van der Waals surface area contributed by atoms with Gasteiger partial charge in [0.25, 0.3) is 11.8 Å². The number of nitrogens with one attached hydrogen (secondary N) is 2. The van der Waals surface area contributed by atoms with Gasteiger partial charge >= 0.3 is 0 Å². The minimum atomic E-state index is -2.75. The van der Waals surface area contributed by atoms with Crippen LogP contribution in [-0.4, -0.2) is 89.2 Å². The summed E-state index contributed by atoms with van der Waals surface area (Å²) in [5.41, 5.74) is 4.76. The topological polar surface area (TPSA) is 87.2 Å². The largest absolute Gasteiger partial charge is 0.494 e. The van der Waals surface area contributed by atoms with Gasteiger partial charge < -0.3 is 25.2 Å². The number of benzene rings is 3. The van der Waals surface area contributed by atoms with Crippen molar-refractivity contribution in [3.05, 3.63) is 83.4 Å². The Bertz CT molecular complexity index is 1810. The number of aliphatic imine (C=N–C) groups is 1. The quantitative estimate of drug-likeness (QED) is 0.138. The van der Waals surface area contributed by atoms with Gasteiger partial charge in [-0.05, 0) is 69.2 Å². The molecular weight excluding hydrogens is 606 g/mol. The number of aromatic amines is 1. The van der Waals surface area contributed by atoms with E-state index in [4.69, 9.17) is 4.99 Å². The van der Waals surface area contributed by atoms with E-state index in [-0.39, 0.29) is 25.0 Å². The molecule has 2 fully saturated rings. The van der Waals surface area contributed by atoms with Gasteiger partial charge in [0, 0.05) is 65.2 Å². The van der Waals surface area contributed by atoms with Crippen molar-refractivity contribution in [2.75, 3.05) is 51.2 Å². The summed E-state index contributed by atoms with van der Waals surface area (Å²) in [6.45, 7) is 6.85. The Morgan fingerprint density at radius 2 is 1.74 bits per heavy atom. The molecule has 1 aromatic heterocycles. The third-order valence-corrected chi connectivity index (χ3v) is 8.95. The molecule has 0 unspecified atom stereocenters. The second-order valence-electron chi connectivity index (χ2n) is 12.0. The highest BCUT2D eigenvalue weighted by molar-refractivity contribution is 7.97. The second-order valence-corrected chi connectivity index (χ2v) is 13.1. The lowest BCUT2D eigenvalue weighted by Gasteiger charge is -2.37. The van der Waals surface area contributed by atoms with Crippen LogP contribution in [-0.2, 0) is 4.79 Å². The summed E-state index contributed by atoms with van der Waals surface area (Å²) in [5.74, 6) is 2.26. The number of anilines is 1. The summed E-state index contributed by atoms with van der Waals surface area (Å²) in [6, 6.07) is 21.2. The molecule has 4 aromatic rings. The zero-order valence-corrected chi connectivity index (χ0v) is 26.8. The average molecular weight is 643 g/mol. The molecular formula is C35H36F2N6O2S. The Balaban J connectivity index is 1.42. The molecule has 2 aliphatic heterocycles. The maximum Gasteiger partial charge on any atom is 0.296 e. The van der Waals surface area contributed by atoms with E-state index in [1.54, 1.807) is 10.4 Å². The number of likely N-dealkylation sites (N-methyl/N-ethyl adjacent to an activating group) is 1. The van der Waals surface area contributed by atoms with Gasteiger partial charge in [0.2, 0.25) is 0 Å². The maximum atomic E-state index is 13.7. The number of carbonyl (C=O) groups is 1. The van der Waals surface area contributed by atoms with E-state index in [2.05, 4.69) is 51.1 Å². The molecule has 46 heavy (non-hydrogen) atoms. The van der Waals surface area contributed by atoms with E-state index in [1.807, 2.05) is 62.4 Å². The van der Waals surface area contributed by atoms with Gasteiger partial charge in [0.15, 0.2) is 5.88 Å². The monoisotopic (exact) mass is 642 g/mol. The summed E-state index contributed by atoms with van der Waals surface area (Å²) in [5, 5.41) is 14.7. The molecule has 0 saturated carbocycles. The van der Waals surface area contributed by atoms with Crippen molar-refractivity contribution in [3.63, 3.8) is 0 Å². The van der Waals surface area contributed by atoms with Crippen molar-refractivity contribution in [3.8, 4) is 17.7 Å². The minimum absolute atomic E-state index is 0.0805. The molecule has 0 bridgehead atoms. The van der Waals surface area contributed by atoms with Crippen molar-refractivity contribution in [1.82, 2.24) is 19.5 Å². The van der Waals surface area contributed by atoms with E-state index in [0.717, 1.165) is 55.1 Å². The molecule has 2 saturated heterocycles. The number of piperazine rings is 1. The highest BCUT2D eigenvalue weighted by atomic mass is 32.2. The smallest absolute Gasteiger partial charge is 0.296 e. The summed E-state index contributed by atoms with van der Waals surface area (Å²) >= 11 is 1.16. The van der Waals surface area contributed by atoms with Gasteiger partial charge in [-0.1, -0.05) is 36.3 Å². The first-order valence-electron chi connectivity index (χ1n) is 15.2. The Hall–Kier alpha value is -4.37. The maximum absolute atomic E-state index is 13.7. The molecule has 11 heteroatoms. The molecule has 0 atom stereocenters. The van der Waals surface area contributed by atoms with Crippen LogP contribution in [0.2, 0.25) is 0 Å². The first-order chi connectivity index (χ1) is 22.0. The van der Waals surface area contributed by atoms with E-state index in [9.17, 15) is 18.7 Å². The first-order valence-corrected chi connectivity index (χ1v) is 16.0. The van der Waals surface area contributed by atoms with Crippen molar-refractivity contribution < 1.29 is 18.7 Å². The van der Waals surface area contributed by atoms with Gasteiger partial charge in [-0.15, -0.1) is 0 Å². The number of H-pyrrole nitrogens is 1. The minimum Gasteiger partial charge on any atom is -0.494 e.